The number of amides is 2. The molecular weight excluding hydrogens is 396 g/mol. The summed E-state index contributed by atoms with van der Waals surface area (Å²) in [5.41, 5.74) is 1.28. The number of nitro benzene ring substituents is 1. The Morgan fingerprint density at radius 3 is 2.83 bits per heavy atom. The second-order valence-electron chi connectivity index (χ2n) is 6.52. The van der Waals surface area contributed by atoms with Crippen molar-refractivity contribution < 1.29 is 14.2 Å². The van der Waals surface area contributed by atoms with Gasteiger partial charge in [0.05, 0.1) is 11.5 Å². The molecule has 2 aromatic heterocycles. The molecule has 3 aromatic rings. The molecule has 1 saturated heterocycles. The number of nitrogens with one attached hydrogen (secondary N) is 1. The molecule has 4 rings (SSSR count). The number of non-ortho nitro benzene ring substituents is 1. The molecule has 0 unspecified atom stereocenters. The van der Waals surface area contributed by atoms with Crippen molar-refractivity contribution in [2.24, 2.45) is 0 Å². The minimum absolute atomic E-state index is 0.0611. The van der Waals surface area contributed by atoms with Gasteiger partial charge in [-0.2, -0.15) is 16.3 Å². The van der Waals surface area contributed by atoms with Gasteiger partial charge in [0.25, 0.3) is 5.69 Å². The van der Waals surface area contributed by atoms with Crippen molar-refractivity contribution >= 4 is 28.7 Å². The van der Waals surface area contributed by atoms with Crippen molar-refractivity contribution in [1.82, 2.24) is 19.9 Å². The highest BCUT2D eigenvalue weighted by molar-refractivity contribution is 7.08. The average Bonchev–Trinajstić information content (AvgIpc) is 3.40. The quantitative estimate of drug-likeness (QED) is 0.503. The van der Waals surface area contributed by atoms with Crippen LogP contribution in [0.3, 0.4) is 0 Å². The molecule has 1 aliphatic heterocycles. The van der Waals surface area contributed by atoms with E-state index in [9.17, 15) is 14.9 Å². The minimum Gasteiger partial charge on any atom is -0.338 e. The van der Waals surface area contributed by atoms with Gasteiger partial charge in [-0.05, 0) is 17.5 Å². The third kappa shape index (κ3) is 4.58. The molecule has 29 heavy (non-hydrogen) atoms. The fraction of sp³-hybridized carbons (Fsp3) is 0.278. The molecule has 0 spiro atoms. The van der Waals surface area contributed by atoms with Gasteiger partial charge in [0.1, 0.15) is 0 Å². The van der Waals surface area contributed by atoms with Crippen LogP contribution in [0.4, 0.5) is 16.2 Å². The van der Waals surface area contributed by atoms with E-state index in [1.54, 1.807) is 28.4 Å². The maximum Gasteiger partial charge on any atom is 0.321 e. The molecule has 3 heterocycles. The Balaban J connectivity index is 1.28. The SMILES string of the molecule is O=C(Nc1cccc([N+](=O)[O-])c1)N1CCN(Cc2nc(-c3ccsc3)no2)CC1. The molecule has 0 saturated carbocycles. The van der Waals surface area contributed by atoms with Gasteiger partial charge in [0.2, 0.25) is 11.7 Å². The molecule has 0 atom stereocenters. The Morgan fingerprint density at radius 2 is 2.10 bits per heavy atom. The number of thiophene rings is 1. The second-order valence-corrected chi connectivity index (χ2v) is 7.30. The molecule has 0 aliphatic carbocycles. The summed E-state index contributed by atoms with van der Waals surface area (Å²) >= 11 is 1.58. The first-order valence-corrected chi connectivity index (χ1v) is 9.90. The van der Waals surface area contributed by atoms with Crippen LogP contribution >= 0.6 is 11.3 Å². The highest BCUT2D eigenvalue weighted by atomic mass is 32.1. The molecule has 1 aliphatic rings. The summed E-state index contributed by atoms with van der Waals surface area (Å²) in [7, 11) is 0. The molecule has 10 nitrogen and oxygen atoms in total. The lowest BCUT2D eigenvalue weighted by Crippen LogP contribution is -2.49. The molecule has 0 radical (unpaired) electrons. The summed E-state index contributed by atoms with van der Waals surface area (Å²) in [6, 6.07) is 7.56. The average molecular weight is 414 g/mol. The van der Waals surface area contributed by atoms with E-state index in [0.29, 0.717) is 50.1 Å². The van der Waals surface area contributed by atoms with E-state index in [2.05, 4.69) is 20.4 Å². The van der Waals surface area contributed by atoms with Gasteiger partial charge >= 0.3 is 6.03 Å². The number of nitro groups is 1. The Labute approximate surface area is 169 Å². The lowest BCUT2D eigenvalue weighted by molar-refractivity contribution is -0.384. The van der Waals surface area contributed by atoms with Crippen molar-refractivity contribution in [3.8, 4) is 11.4 Å². The van der Waals surface area contributed by atoms with E-state index in [4.69, 9.17) is 4.52 Å². The number of nitrogens with zero attached hydrogens (tertiary/aromatic N) is 5. The fourth-order valence-electron chi connectivity index (χ4n) is 3.03. The third-order valence-corrected chi connectivity index (χ3v) is 5.26. The molecule has 1 aromatic carbocycles. The number of hydrogen-bond donors (Lipinski definition) is 1. The Bertz CT molecular complexity index is 997. The van der Waals surface area contributed by atoms with E-state index in [0.717, 1.165) is 5.56 Å². The van der Waals surface area contributed by atoms with Crippen molar-refractivity contribution in [1.29, 1.82) is 0 Å². The van der Waals surface area contributed by atoms with Gasteiger partial charge < -0.3 is 14.7 Å². The number of piperazine rings is 1. The number of urea groups is 1. The molecular formula is C18H18N6O4S. The lowest BCUT2D eigenvalue weighted by Gasteiger charge is -2.33. The Morgan fingerprint density at radius 1 is 1.28 bits per heavy atom. The van der Waals surface area contributed by atoms with Crippen LogP contribution in [-0.2, 0) is 6.54 Å². The summed E-state index contributed by atoms with van der Waals surface area (Å²) in [5, 5.41) is 21.5. The summed E-state index contributed by atoms with van der Waals surface area (Å²) in [4.78, 5) is 31.0. The Hall–Kier alpha value is -3.31. The first-order valence-electron chi connectivity index (χ1n) is 8.96. The predicted octanol–water partition coefficient (Wildman–Crippen LogP) is 3.06. The van der Waals surface area contributed by atoms with E-state index >= 15 is 0 Å². The standard InChI is InChI=1S/C18H18N6O4S/c25-18(19-14-2-1-3-15(10-14)24(26)27)23-7-5-22(6-8-23)11-16-20-17(21-28-16)13-4-9-29-12-13/h1-4,9-10,12H,5-8,11H2,(H,19,25). The van der Waals surface area contributed by atoms with Crippen LogP contribution in [0.1, 0.15) is 5.89 Å². The van der Waals surface area contributed by atoms with E-state index in [1.807, 2.05) is 16.8 Å². The maximum absolute atomic E-state index is 12.4. The van der Waals surface area contributed by atoms with Crippen molar-refractivity contribution in [3.05, 3.63) is 57.1 Å². The molecule has 1 fully saturated rings. The summed E-state index contributed by atoms with van der Waals surface area (Å²) < 4.78 is 5.33. The molecule has 0 bridgehead atoms. The third-order valence-electron chi connectivity index (χ3n) is 4.57. The van der Waals surface area contributed by atoms with Crippen LogP contribution in [0, 0.1) is 10.1 Å². The van der Waals surface area contributed by atoms with Crippen molar-refractivity contribution in [3.63, 3.8) is 0 Å². The van der Waals surface area contributed by atoms with Crippen LogP contribution in [0.25, 0.3) is 11.4 Å². The van der Waals surface area contributed by atoms with Crippen LogP contribution in [0.15, 0.2) is 45.6 Å². The zero-order valence-corrected chi connectivity index (χ0v) is 16.2. The largest absolute Gasteiger partial charge is 0.338 e. The number of aromatic nitrogens is 2. The van der Waals surface area contributed by atoms with E-state index in [-0.39, 0.29) is 11.7 Å². The number of carbonyl (C=O) groups is 1. The predicted molar refractivity (Wildman–Crippen MR) is 107 cm³/mol. The summed E-state index contributed by atoms with van der Waals surface area (Å²) in [5.74, 6) is 1.12. The first-order chi connectivity index (χ1) is 14.1. The fourth-order valence-corrected chi connectivity index (χ4v) is 3.66. The van der Waals surface area contributed by atoms with Crippen LogP contribution in [0.5, 0.6) is 0 Å². The molecule has 11 heteroatoms. The van der Waals surface area contributed by atoms with Crippen molar-refractivity contribution in [2.75, 3.05) is 31.5 Å². The normalized spacial score (nSPS) is 14.7. The highest BCUT2D eigenvalue weighted by Gasteiger charge is 2.23. The van der Waals surface area contributed by atoms with Gasteiger partial charge in [-0.15, -0.1) is 0 Å². The van der Waals surface area contributed by atoms with Gasteiger partial charge in [0.15, 0.2) is 0 Å². The molecule has 150 valence electrons. The van der Waals surface area contributed by atoms with E-state index in [1.165, 1.54) is 12.1 Å². The second kappa shape index (κ2) is 8.37. The van der Waals surface area contributed by atoms with Gasteiger partial charge in [-0.25, -0.2) is 4.79 Å². The van der Waals surface area contributed by atoms with Crippen LogP contribution < -0.4 is 5.32 Å². The minimum atomic E-state index is -0.490. The first kappa shape index (κ1) is 19.0. The summed E-state index contributed by atoms with van der Waals surface area (Å²) in [6.45, 7) is 2.92. The zero-order chi connectivity index (χ0) is 20.2. The smallest absolute Gasteiger partial charge is 0.321 e. The molecule has 2 amide bonds. The van der Waals surface area contributed by atoms with Gasteiger partial charge in [-0.3, -0.25) is 15.0 Å². The van der Waals surface area contributed by atoms with Crippen LogP contribution in [0.2, 0.25) is 0 Å². The maximum atomic E-state index is 12.4. The lowest BCUT2D eigenvalue weighted by atomic mass is 10.3. The van der Waals surface area contributed by atoms with Gasteiger partial charge in [-0.1, -0.05) is 11.2 Å². The topological polar surface area (TPSA) is 118 Å². The number of carbonyl (C=O) groups excluding carboxylic acids is 1. The summed E-state index contributed by atoms with van der Waals surface area (Å²) in [6.07, 6.45) is 0. The van der Waals surface area contributed by atoms with Crippen LogP contribution in [-0.4, -0.2) is 57.1 Å². The molecule has 1 N–H and O–H groups in total. The number of anilines is 1. The Kier molecular flexibility index (Phi) is 5.49. The van der Waals surface area contributed by atoms with E-state index < -0.39 is 4.92 Å². The monoisotopic (exact) mass is 414 g/mol. The van der Waals surface area contributed by atoms with Crippen molar-refractivity contribution in [2.45, 2.75) is 6.54 Å². The number of benzene rings is 1. The zero-order valence-electron chi connectivity index (χ0n) is 15.4. The number of rotatable bonds is 5. The van der Waals surface area contributed by atoms with Gasteiger partial charge in [0, 0.05) is 54.9 Å². The highest BCUT2D eigenvalue weighted by Crippen LogP contribution is 2.20. The number of hydrogen-bond acceptors (Lipinski definition) is 8.